The van der Waals surface area contributed by atoms with Crippen LogP contribution in [0.15, 0.2) is 13.6 Å². The molecule has 0 bridgehead atoms. The van der Waals surface area contributed by atoms with Crippen LogP contribution in [0.2, 0.25) is 0 Å². The Balaban J connectivity index is 2.61. The molecule has 15 heavy (non-hydrogen) atoms. The van der Waals surface area contributed by atoms with Crippen molar-refractivity contribution in [3.8, 4) is 0 Å². The molecule has 3 N–H and O–H groups in total. The first kappa shape index (κ1) is 13.6. The van der Waals surface area contributed by atoms with E-state index in [0.717, 1.165) is 27.0 Å². The Morgan fingerprint density at radius 1 is 1.60 bits per heavy atom. The lowest BCUT2D eigenvalue weighted by Crippen LogP contribution is -2.28. The highest BCUT2D eigenvalue weighted by Crippen LogP contribution is 2.36. The highest BCUT2D eigenvalue weighted by atomic mass is 79.9. The van der Waals surface area contributed by atoms with Gasteiger partial charge in [-0.05, 0) is 56.3 Å². The maximum Gasteiger partial charge on any atom is 0.0758 e. The van der Waals surface area contributed by atoms with E-state index in [-0.39, 0.29) is 6.04 Å². The summed E-state index contributed by atoms with van der Waals surface area (Å²) in [6, 6.07) is 2.27. The topological polar surface area (TPSA) is 47.3 Å². The fourth-order valence-corrected chi connectivity index (χ4v) is 4.32. The Bertz CT molecular complexity index is 306. The van der Waals surface area contributed by atoms with E-state index in [2.05, 4.69) is 43.4 Å². The molecule has 0 amide bonds. The van der Waals surface area contributed by atoms with Gasteiger partial charge in [0.15, 0.2) is 0 Å². The van der Waals surface area contributed by atoms with Crippen molar-refractivity contribution in [3.05, 3.63) is 19.2 Å². The summed E-state index contributed by atoms with van der Waals surface area (Å²) in [6.45, 7) is 0.765. The Morgan fingerprint density at radius 2 is 2.33 bits per heavy atom. The molecular formula is C9H14Br2N2OS. The molecule has 0 aliphatic heterocycles. The SMILES string of the molecule is COCCCC(NN)c1cc(Br)sc1Br. The molecule has 0 fully saturated rings. The van der Waals surface area contributed by atoms with Gasteiger partial charge < -0.3 is 4.74 Å². The fraction of sp³-hybridized carbons (Fsp3) is 0.556. The number of rotatable bonds is 6. The van der Waals surface area contributed by atoms with Gasteiger partial charge in [0.1, 0.15) is 0 Å². The molecule has 1 unspecified atom stereocenters. The number of hydrazine groups is 1. The number of hydrogen-bond donors (Lipinski definition) is 2. The van der Waals surface area contributed by atoms with Crippen LogP contribution in [0.3, 0.4) is 0 Å². The van der Waals surface area contributed by atoms with Crippen LogP contribution < -0.4 is 11.3 Å². The zero-order valence-electron chi connectivity index (χ0n) is 8.43. The van der Waals surface area contributed by atoms with Gasteiger partial charge in [0.2, 0.25) is 0 Å². The number of ether oxygens (including phenoxy) is 1. The van der Waals surface area contributed by atoms with Gasteiger partial charge >= 0.3 is 0 Å². The van der Waals surface area contributed by atoms with E-state index in [4.69, 9.17) is 10.6 Å². The van der Waals surface area contributed by atoms with Crippen LogP contribution >= 0.6 is 43.2 Å². The zero-order valence-corrected chi connectivity index (χ0v) is 12.4. The van der Waals surface area contributed by atoms with Gasteiger partial charge in [-0.1, -0.05) is 0 Å². The Labute approximate surface area is 111 Å². The summed E-state index contributed by atoms with van der Waals surface area (Å²) in [5, 5.41) is 0. The van der Waals surface area contributed by atoms with Gasteiger partial charge in [0.05, 0.1) is 7.57 Å². The van der Waals surface area contributed by atoms with Crippen molar-refractivity contribution < 1.29 is 4.74 Å². The summed E-state index contributed by atoms with van der Waals surface area (Å²) in [7, 11) is 1.71. The highest BCUT2D eigenvalue weighted by molar-refractivity contribution is 9.12. The maximum absolute atomic E-state index is 5.54. The highest BCUT2D eigenvalue weighted by Gasteiger charge is 2.15. The van der Waals surface area contributed by atoms with E-state index in [0.29, 0.717) is 0 Å². The molecule has 0 radical (unpaired) electrons. The molecule has 1 aromatic rings. The zero-order chi connectivity index (χ0) is 11.3. The molecule has 0 aliphatic carbocycles. The van der Waals surface area contributed by atoms with E-state index in [1.807, 2.05) is 0 Å². The molecule has 3 nitrogen and oxygen atoms in total. The van der Waals surface area contributed by atoms with Crippen molar-refractivity contribution in [2.45, 2.75) is 18.9 Å². The first-order chi connectivity index (χ1) is 7.19. The number of hydrogen-bond acceptors (Lipinski definition) is 4. The second-order valence-electron chi connectivity index (χ2n) is 3.13. The van der Waals surface area contributed by atoms with Gasteiger partial charge in [-0.3, -0.25) is 11.3 Å². The first-order valence-electron chi connectivity index (χ1n) is 4.58. The molecule has 0 saturated heterocycles. The third-order valence-corrected chi connectivity index (χ3v) is 4.49. The normalized spacial score (nSPS) is 13.1. The Kier molecular flexibility index (Phi) is 6.33. The molecule has 1 aromatic heterocycles. The second-order valence-corrected chi connectivity index (χ2v) is 6.88. The van der Waals surface area contributed by atoms with Gasteiger partial charge in [-0.15, -0.1) is 11.3 Å². The van der Waals surface area contributed by atoms with Gasteiger partial charge in [0, 0.05) is 19.8 Å². The molecule has 0 spiro atoms. The lowest BCUT2D eigenvalue weighted by Gasteiger charge is -2.14. The van der Waals surface area contributed by atoms with Crippen LogP contribution in [-0.2, 0) is 4.74 Å². The van der Waals surface area contributed by atoms with Crippen LogP contribution in [0.4, 0.5) is 0 Å². The number of thiophene rings is 1. The van der Waals surface area contributed by atoms with E-state index in [1.165, 1.54) is 5.56 Å². The summed E-state index contributed by atoms with van der Waals surface area (Å²) in [5.74, 6) is 5.54. The third kappa shape index (κ3) is 4.13. The number of nitrogens with two attached hydrogens (primary N) is 1. The van der Waals surface area contributed by atoms with Crippen LogP contribution in [0.5, 0.6) is 0 Å². The van der Waals surface area contributed by atoms with E-state index >= 15 is 0 Å². The van der Waals surface area contributed by atoms with Crippen LogP contribution in [0.25, 0.3) is 0 Å². The van der Waals surface area contributed by atoms with Gasteiger partial charge in [-0.25, -0.2) is 0 Å². The average molecular weight is 358 g/mol. The van der Waals surface area contributed by atoms with E-state index < -0.39 is 0 Å². The minimum Gasteiger partial charge on any atom is -0.385 e. The third-order valence-electron chi connectivity index (χ3n) is 2.10. The predicted molar refractivity (Wildman–Crippen MR) is 70.9 cm³/mol. The summed E-state index contributed by atoms with van der Waals surface area (Å²) in [5.41, 5.74) is 4.03. The van der Waals surface area contributed by atoms with Gasteiger partial charge in [0.25, 0.3) is 0 Å². The number of methoxy groups -OCH3 is 1. The standard InChI is InChI=1S/C9H14Br2N2OS/c1-14-4-2-3-7(13-12)6-5-8(10)15-9(6)11/h5,7,13H,2-4,12H2,1H3. The smallest absolute Gasteiger partial charge is 0.0758 e. The monoisotopic (exact) mass is 356 g/mol. The summed E-state index contributed by atoms with van der Waals surface area (Å²) in [6.07, 6.45) is 1.96. The van der Waals surface area contributed by atoms with Crippen molar-refractivity contribution in [1.82, 2.24) is 5.43 Å². The molecule has 0 aromatic carbocycles. The van der Waals surface area contributed by atoms with Gasteiger partial charge in [-0.2, -0.15) is 0 Å². The molecule has 86 valence electrons. The summed E-state index contributed by atoms with van der Waals surface area (Å²) < 4.78 is 7.25. The Morgan fingerprint density at radius 3 is 2.80 bits per heavy atom. The lowest BCUT2D eigenvalue weighted by atomic mass is 10.1. The molecule has 6 heteroatoms. The van der Waals surface area contributed by atoms with Crippen molar-refractivity contribution >= 4 is 43.2 Å². The summed E-state index contributed by atoms with van der Waals surface area (Å²) in [4.78, 5) is 0. The van der Waals surface area contributed by atoms with Crippen LogP contribution in [0.1, 0.15) is 24.4 Å². The molecule has 0 saturated carbocycles. The fourth-order valence-electron chi connectivity index (χ4n) is 1.35. The average Bonchev–Trinajstić information content (AvgIpc) is 2.53. The summed E-state index contributed by atoms with van der Waals surface area (Å²) >= 11 is 8.65. The van der Waals surface area contributed by atoms with E-state index in [9.17, 15) is 0 Å². The van der Waals surface area contributed by atoms with Crippen LogP contribution in [-0.4, -0.2) is 13.7 Å². The van der Waals surface area contributed by atoms with Crippen molar-refractivity contribution in [2.75, 3.05) is 13.7 Å². The first-order valence-corrected chi connectivity index (χ1v) is 6.99. The van der Waals surface area contributed by atoms with E-state index in [1.54, 1.807) is 18.4 Å². The molecule has 1 atom stereocenters. The molecule has 0 aliphatic rings. The molecular weight excluding hydrogens is 344 g/mol. The lowest BCUT2D eigenvalue weighted by molar-refractivity contribution is 0.189. The van der Waals surface area contributed by atoms with Crippen molar-refractivity contribution in [1.29, 1.82) is 0 Å². The number of halogens is 2. The second kappa shape index (κ2) is 6.98. The van der Waals surface area contributed by atoms with Crippen LogP contribution in [0, 0.1) is 0 Å². The minimum absolute atomic E-state index is 0.178. The predicted octanol–water partition coefficient (Wildman–Crippen LogP) is 3.20. The largest absolute Gasteiger partial charge is 0.385 e. The Hall–Kier alpha value is 0.540. The van der Waals surface area contributed by atoms with Crippen molar-refractivity contribution in [2.24, 2.45) is 5.84 Å². The molecule has 1 heterocycles. The number of nitrogens with one attached hydrogen (secondary N) is 1. The quantitative estimate of drug-likeness (QED) is 0.467. The minimum atomic E-state index is 0.178. The molecule has 1 rings (SSSR count). The van der Waals surface area contributed by atoms with Crippen molar-refractivity contribution in [3.63, 3.8) is 0 Å². The maximum atomic E-state index is 5.54.